The third-order valence-corrected chi connectivity index (χ3v) is 4.44. The van der Waals surface area contributed by atoms with Gasteiger partial charge in [0.1, 0.15) is 0 Å². The van der Waals surface area contributed by atoms with Crippen LogP contribution in [-0.4, -0.2) is 46.2 Å². The quantitative estimate of drug-likeness (QED) is 0.508. The van der Waals surface area contributed by atoms with Gasteiger partial charge in [-0.05, 0) is 31.0 Å². The molecular weight excluding hydrogens is 346 g/mol. The molecule has 0 aromatic heterocycles. The van der Waals surface area contributed by atoms with Gasteiger partial charge in [0.15, 0.2) is 0 Å². The highest BCUT2D eigenvalue weighted by atomic mass is 32.2. The SMILES string of the molecule is COCCCCNC(=O)CCS(=O)(=O)Nc1cccc(NC(C)=O)c1. The van der Waals surface area contributed by atoms with Gasteiger partial charge in [0.25, 0.3) is 0 Å². The van der Waals surface area contributed by atoms with Crippen molar-refractivity contribution < 1.29 is 22.7 Å². The fourth-order valence-corrected chi connectivity index (χ4v) is 3.05. The Bertz CT molecular complexity index is 676. The summed E-state index contributed by atoms with van der Waals surface area (Å²) in [6.07, 6.45) is 1.49. The van der Waals surface area contributed by atoms with Gasteiger partial charge >= 0.3 is 0 Å². The molecule has 2 amide bonds. The monoisotopic (exact) mass is 371 g/mol. The molecule has 3 N–H and O–H groups in total. The van der Waals surface area contributed by atoms with Crippen LogP contribution in [0.2, 0.25) is 0 Å². The van der Waals surface area contributed by atoms with Gasteiger partial charge < -0.3 is 15.4 Å². The maximum atomic E-state index is 12.1. The molecule has 1 rings (SSSR count). The number of sulfonamides is 1. The molecule has 1 aromatic rings. The normalized spacial score (nSPS) is 11.0. The average molecular weight is 371 g/mol. The minimum atomic E-state index is -3.66. The Hall–Kier alpha value is -2.13. The number of amides is 2. The van der Waals surface area contributed by atoms with Crippen molar-refractivity contribution in [3.05, 3.63) is 24.3 Å². The van der Waals surface area contributed by atoms with Crippen LogP contribution in [0.4, 0.5) is 11.4 Å². The van der Waals surface area contributed by atoms with Gasteiger partial charge in [-0.15, -0.1) is 0 Å². The number of carbonyl (C=O) groups excluding carboxylic acids is 2. The van der Waals surface area contributed by atoms with Gasteiger partial charge in [0, 0.05) is 39.3 Å². The lowest BCUT2D eigenvalue weighted by atomic mass is 10.3. The summed E-state index contributed by atoms with van der Waals surface area (Å²) in [5, 5.41) is 5.25. The predicted molar refractivity (Wildman–Crippen MR) is 96.9 cm³/mol. The van der Waals surface area contributed by atoms with Crippen LogP contribution >= 0.6 is 0 Å². The Morgan fingerprint density at radius 2 is 1.88 bits per heavy atom. The van der Waals surface area contributed by atoms with E-state index in [4.69, 9.17) is 4.74 Å². The van der Waals surface area contributed by atoms with E-state index in [1.165, 1.54) is 13.0 Å². The summed E-state index contributed by atoms with van der Waals surface area (Å²) < 4.78 is 31.4. The average Bonchev–Trinajstić information content (AvgIpc) is 2.52. The largest absolute Gasteiger partial charge is 0.385 e. The van der Waals surface area contributed by atoms with Crippen molar-refractivity contribution in [3.63, 3.8) is 0 Å². The van der Waals surface area contributed by atoms with Crippen molar-refractivity contribution >= 4 is 33.2 Å². The van der Waals surface area contributed by atoms with Crippen molar-refractivity contribution in [2.24, 2.45) is 0 Å². The molecular formula is C16H25N3O5S. The molecule has 0 aliphatic carbocycles. The maximum absolute atomic E-state index is 12.1. The lowest BCUT2D eigenvalue weighted by Gasteiger charge is -2.10. The van der Waals surface area contributed by atoms with E-state index in [1.807, 2.05) is 0 Å². The summed E-state index contributed by atoms with van der Waals surface area (Å²) >= 11 is 0. The molecule has 0 radical (unpaired) electrons. The molecule has 8 nitrogen and oxygen atoms in total. The van der Waals surface area contributed by atoms with E-state index in [0.717, 1.165) is 12.8 Å². The van der Waals surface area contributed by atoms with E-state index in [1.54, 1.807) is 25.3 Å². The number of benzene rings is 1. The van der Waals surface area contributed by atoms with Crippen LogP contribution in [0.25, 0.3) is 0 Å². The fraction of sp³-hybridized carbons (Fsp3) is 0.500. The first-order valence-electron chi connectivity index (χ1n) is 7.96. The van der Waals surface area contributed by atoms with E-state index >= 15 is 0 Å². The van der Waals surface area contributed by atoms with Gasteiger partial charge in [0.05, 0.1) is 11.4 Å². The minimum absolute atomic E-state index is 0.120. The molecule has 0 fully saturated rings. The minimum Gasteiger partial charge on any atom is -0.385 e. The zero-order valence-corrected chi connectivity index (χ0v) is 15.3. The molecule has 0 saturated heterocycles. The molecule has 140 valence electrons. The zero-order chi connectivity index (χ0) is 18.7. The number of rotatable bonds is 11. The number of carbonyl (C=O) groups is 2. The molecule has 0 atom stereocenters. The van der Waals surface area contributed by atoms with Crippen LogP contribution in [0.3, 0.4) is 0 Å². The van der Waals surface area contributed by atoms with E-state index < -0.39 is 10.0 Å². The Morgan fingerprint density at radius 1 is 1.16 bits per heavy atom. The fourth-order valence-electron chi connectivity index (χ4n) is 2.01. The van der Waals surface area contributed by atoms with Gasteiger partial charge in [-0.2, -0.15) is 0 Å². The van der Waals surface area contributed by atoms with Crippen LogP contribution in [0.5, 0.6) is 0 Å². The van der Waals surface area contributed by atoms with Gasteiger partial charge in [-0.25, -0.2) is 8.42 Å². The van der Waals surface area contributed by atoms with Crippen LogP contribution in [0.15, 0.2) is 24.3 Å². The first kappa shape index (κ1) is 20.9. The molecule has 9 heteroatoms. The lowest BCUT2D eigenvalue weighted by molar-refractivity contribution is -0.120. The first-order valence-corrected chi connectivity index (χ1v) is 9.61. The number of hydrogen-bond donors (Lipinski definition) is 3. The number of anilines is 2. The number of hydrogen-bond acceptors (Lipinski definition) is 5. The van der Waals surface area contributed by atoms with Crippen molar-refractivity contribution in [2.75, 3.05) is 36.1 Å². The number of nitrogens with one attached hydrogen (secondary N) is 3. The second-order valence-electron chi connectivity index (χ2n) is 5.48. The summed E-state index contributed by atoms with van der Waals surface area (Å²) in [6, 6.07) is 6.35. The molecule has 0 bridgehead atoms. The molecule has 25 heavy (non-hydrogen) atoms. The predicted octanol–water partition coefficient (Wildman–Crippen LogP) is 1.32. The number of unbranched alkanes of at least 4 members (excludes halogenated alkanes) is 1. The summed E-state index contributed by atoms with van der Waals surface area (Å²) in [6.45, 7) is 2.49. The Labute approximate surface area is 148 Å². The zero-order valence-electron chi connectivity index (χ0n) is 14.5. The highest BCUT2D eigenvalue weighted by Crippen LogP contribution is 2.16. The van der Waals surface area contributed by atoms with E-state index in [9.17, 15) is 18.0 Å². The van der Waals surface area contributed by atoms with Crippen molar-refractivity contribution in [2.45, 2.75) is 26.2 Å². The molecule has 0 aliphatic heterocycles. The van der Waals surface area contributed by atoms with Crippen LogP contribution in [0.1, 0.15) is 26.2 Å². The summed E-state index contributed by atoms with van der Waals surface area (Å²) in [5.41, 5.74) is 0.813. The van der Waals surface area contributed by atoms with Gasteiger partial charge in [-0.1, -0.05) is 6.07 Å². The Kier molecular flexibility index (Phi) is 8.93. The lowest BCUT2D eigenvalue weighted by Crippen LogP contribution is -2.28. The number of methoxy groups -OCH3 is 1. The Balaban J connectivity index is 2.43. The van der Waals surface area contributed by atoms with Crippen molar-refractivity contribution in [1.82, 2.24) is 5.32 Å². The molecule has 0 spiro atoms. The Morgan fingerprint density at radius 3 is 2.56 bits per heavy atom. The molecule has 0 unspecified atom stereocenters. The van der Waals surface area contributed by atoms with Crippen LogP contribution < -0.4 is 15.4 Å². The summed E-state index contributed by atoms with van der Waals surface area (Å²) in [5.74, 6) is -0.877. The third-order valence-electron chi connectivity index (χ3n) is 3.15. The maximum Gasteiger partial charge on any atom is 0.233 e. The van der Waals surface area contributed by atoms with E-state index in [0.29, 0.717) is 24.5 Å². The third kappa shape index (κ3) is 9.68. The molecule has 0 heterocycles. The van der Waals surface area contributed by atoms with E-state index in [2.05, 4.69) is 15.4 Å². The van der Waals surface area contributed by atoms with Crippen LogP contribution in [-0.2, 0) is 24.3 Å². The van der Waals surface area contributed by atoms with Crippen molar-refractivity contribution in [3.8, 4) is 0 Å². The smallest absolute Gasteiger partial charge is 0.233 e. The summed E-state index contributed by atoms with van der Waals surface area (Å²) in [7, 11) is -2.04. The first-order chi connectivity index (χ1) is 11.8. The second-order valence-corrected chi connectivity index (χ2v) is 7.32. The number of ether oxygens (including phenoxy) is 1. The standard InChI is InChI=1S/C16H25N3O5S/c1-13(20)18-14-6-5-7-15(12-14)19-25(22,23)11-8-16(21)17-9-3-4-10-24-2/h5-7,12,19H,3-4,8-11H2,1-2H3,(H,17,21)(H,18,20). The topological polar surface area (TPSA) is 114 Å². The molecule has 0 aliphatic rings. The van der Waals surface area contributed by atoms with Gasteiger partial charge in [-0.3, -0.25) is 14.3 Å². The summed E-state index contributed by atoms with van der Waals surface area (Å²) in [4.78, 5) is 22.7. The van der Waals surface area contributed by atoms with Crippen LogP contribution in [0, 0.1) is 0 Å². The van der Waals surface area contributed by atoms with Crippen molar-refractivity contribution in [1.29, 1.82) is 0 Å². The second kappa shape index (κ2) is 10.7. The highest BCUT2D eigenvalue weighted by Gasteiger charge is 2.13. The molecule has 0 saturated carbocycles. The van der Waals surface area contributed by atoms with Gasteiger partial charge in [0.2, 0.25) is 21.8 Å². The highest BCUT2D eigenvalue weighted by molar-refractivity contribution is 7.92. The van der Waals surface area contributed by atoms with E-state index in [-0.39, 0.29) is 24.0 Å². The molecule has 1 aromatic carbocycles.